The number of nitrogens with one attached hydrogen (secondary N) is 2. The van der Waals surface area contributed by atoms with Crippen LogP contribution in [0.1, 0.15) is 62.0 Å². The maximum Gasteiger partial charge on any atom is 0.407 e. The fourth-order valence-electron chi connectivity index (χ4n) is 5.43. The fourth-order valence-corrected chi connectivity index (χ4v) is 5.43. The first-order valence-corrected chi connectivity index (χ1v) is 12.2. The summed E-state index contributed by atoms with van der Waals surface area (Å²) in [6, 6.07) is 16.0. The summed E-state index contributed by atoms with van der Waals surface area (Å²) >= 11 is 0. The van der Waals surface area contributed by atoms with Crippen molar-refractivity contribution in [3.05, 3.63) is 59.7 Å². The third kappa shape index (κ3) is 4.27. The van der Waals surface area contributed by atoms with E-state index in [4.69, 9.17) is 4.74 Å². The van der Waals surface area contributed by atoms with E-state index < -0.39 is 23.5 Å². The summed E-state index contributed by atoms with van der Waals surface area (Å²) in [7, 11) is 0. The van der Waals surface area contributed by atoms with Gasteiger partial charge in [-0.05, 0) is 47.9 Å². The van der Waals surface area contributed by atoms with Gasteiger partial charge < -0.3 is 20.5 Å². The number of benzene rings is 2. The molecule has 0 aromatic heterocycles. The number of hydrogen-bond acceptors (Lipinski definition) is 4. The fraction of sp³-hybridized carbons (Fsp3) is 0.444. The molecule has 178 valence electrons. The number of amides is 2. The molecule has 5 rings (SSSR count). The Morgan fingerprint density at radius 3 is 2.15 bits per heavy atom. The lowest BCUT2D eigenvalue weighted by molar-refractivity contribution is -0.144. The predicted octanol–water partition coefficient (Wildman–Crippen LogP) is 4.21. The number of alkyl carbamates (subject to hydrolysis) is 1. The number of rotatable bonds is 6. The van der Waals surface area contributed by atoms with Gasteiger partial charge in [0.2, 0.25) is 5.91 Å². The van der Waals surface area contributed by atoms with Crippen molar-refractivity contribution in [3.63, 3.8) is 0 Å². The van der Waals surface area contributed by atoms with Crippen LogP contribution in [0.2, 0.25) is 0 Å². The van der Waals surface area contributed by atoms with Crippen LogP contribution in [0.4, 0.5) is 4.79 Å². The van der Waals surface area contributed by atoms with Crippen molar-refractivity contribution in [2.75, 3.05) is 6.61 Å². The topological polar surface area (TPSA) is 105 Å². The van der Waals surface area contributed by atoms with Crippen molar-refractivity contribution >= 4 is 18.0 Å². The Labute approximate surface area is 198 Å². The van der Waals surface area contributed by atoms with E-state index in [-0.39, 0.29) is 24.5 Å². The van der Waals surface area contributed by atoms with Crippen molar-refractivity contribution in [1.29, 1.82) is 0 Å². The lowest BCUT2D eigenvalue weighted by Crippen LogP contribution is -2.51. The lowest BCUT2D eigenvalue weighted by Gasteiger charge is -2.27. The second-order valence-electron chi connectivity index (χ2n) is 9.70. The van der Waals surface area contributed by atoms with Gasteiger partial charge >= 0.3 is 12.1 Å². The Balaban J connectivity index is 1.24. The van der Waals surface area contributed by atoms with E-state index in [0.717, 1.165) is 30.4 Å². The molecule has 2 unspecified atom stereocenters. The van der Waals surface area contributed by atoms with Gasteiger partial charge in [0.05, 0.1) is 5.92 Å². The third-order valence-electron chi connectivity index (χ3n) is 7.52. The van der Waals surface area contributed by atoms with Crippen LogP contribution < -0.4 is 10.6 Å². The first-order valence-electron chi connectivity index (χ1n) is 12.2. The van der Waals surface area contributed by atoms with Gasteiger partial charge in [-0.15, -0.1) is 0 Å². The number of hydrogen-bond donors (Lipinski definition) is 3. The number of fused-ring (bicyclic) bond motifs is 3. The quantitative estimate of drug-likeness (QED) is 0.558. The summed E-state index contributed by atoms with van der Waals surface area (Å²) in [6.07, 6.45) is 4.42. The van der Waals surface area contributed by atoms with E-state index in [1.54, 1.807) is 0 Å². The van der Waals surface area contributed by atoms with Crippen LogP contribution >= 0.6 is 0 Å². The first kappa shape index (κ1) is 22.4. The molecule has 0 spiro atoms. The normalized spacial score (nSPS) is 22.6. The molecule has 2 aromatic rings. The molecule has 7 nitrogen and oxygen atoms in total. The van der Waals surface area contributed by atoms with Crippen LogP contribution in [0.5, 0.6) is 0 Å². The van der Waals surface area contributed by atoms with Crippen molar-refractivity contribution in [1.82, 2.24) is 10.6 Å². The SMILES string of the molecule is O=C(NC1CCCCCC1C(=O)NC1(C(=O)O)CC1)OCC1c2ccccc2-c2ccccc21. The molecule has 0 aliphatic heterocycles. The maximum atomic E-state index is 13.0. The van der Waals surface area contributed by atoms with Gasteiger partial charge in [0, 0.05) is 12.0 Å². The highest BCUT2D eigenvalue weighted by Crippen LogP contribution is 2.44. The van der Waals surface area contributed by atoms with E-state index >= 15 is 0 Å². The van der Waals surface area contributed by atoms with Crippen LogP contribution in [-0.4, -0.2) is 41.3 Å². The molecule has 0 radical (unpaired) electrons. The number of carbonyl (C=O) groups excluding carboxylic acids is 2. The molecule has 3 N–H and O–H groups in total. The predicted molar refractivity (Wildman–Crippen MR) is 126 cm³/mol. The third-order valence-corrected chi connectivity index (χ3v) is 7.52. The largest absolute Gasteiger partial charge is 0.480 e. The Morgan fingerprint density at radius 1 is 0.912 bits per heavy atom. The molecule has 2 aromatic carbocycles. The zero-order valence-electron chi connectivity index (χ0n) is 19.1. The summed E-state index contributed by atoms with van der Waals surface area (Å²) in [5.74, 6) is -1.77. The zero-order chi connectivity index (χ0) is 23.7. The maximum absolute atomic E-state index is 13.0. The molecule has 3 aliphatic carbocycles. The second kappa shape index (κ2) is 9.12. The summed E-state index contributed by atoms with van der Waals surface area (Å²) in [5.41, 5.74) is 3.50. The highest BCUT2D eigenvalue weighted by molar-refractivity contribution is 5.91. The average molecular weight is 463 g/mol. The van der Waals surface area contributed by atoms with Gasteiger partial charge in [0.15, 0.2) is 0 Å². The minimum absolute atomic E-state index is 0.0309. The minimum atomic E-state index is -1.13. The number of carbonyl (C=O) groups is 3. The number of carboxylic acid groups (broad SMARTS) is 1. The Kier molecular flexibility index (Phi) is 6.02. The van der Waals surface area contributed by atoms with Crippen molar-refractivity contribution in [2.24, 2.45) is 5.92 Å². The standard InChI is InChI=1S/C27H30N2O5/c30-24(29-27(14-15-27)25(31)32)21-12-2-1-3-13-23(21)28-26(33)34-16-22-19-10-6-4-8-17(19)18-9-5-7-11-20(18)22/h4-11,21-23H,1-3,12-16H2,(H,28,33)(H,29,30)(H,31,32). The Morgan fingerprint density at radius 2 is 1.53 bits per heavy atom. The molecule has 0 bridgehead atoms. The monoisotopic (exact) mass is 462 g/mol. The van der Waals surface area contributed by atoms with Crippen LogP contribution in [0.3, 0.4) is 0 Å². The van der Waals surface area contributed by atoms with Gasteiger partial charge in [0.25, 0.3) is 0 Å². The van der Waals surface area contributed by atoms with Crippen molar-refractivity contribution in [3.8, 4) is 11.1 Å². The van der Waals surface area contributed by atoms with E-state index in [0.29, 0.717) is 25.7 Å². The molecule has 2 amide bonds. The summed E-state index contributed by atoms with van der Waals surface area (Å²) in [4.78, 5) is 37.3. The molecule has 3 aliphatic rings. The summed E-state index contributed by atoms with van der Waals surface area (Å²) in [5, 5.41) is 15.1. The van der Waals surface area contributed by atoms with E-state index in [1.165, 1.54) is 11.1 Å². The summed E-state index contributed by atoms with van der Waals surface area (Å²) < 4.78 is 5.69. The zero-order valence-corrected chi connectivity index (χ0v) is 19.1. The smallest absolute Gasteiger partial charge is 0.407 e. The molecule has 7 heteroatoms. The minimum Gasteiger partial charge on any atom is -0.480 e. The van der Waals surface area contributed by atoms with Gasteiger partial charge in [-0.25, -0.2) is 9.59 Å². The van der Waals surface area contributed by atoms with Gasteiger partial charge in [-0.1, -0.05) is 67.8 Å². The summed E-state index contributed by atoms with van der Waals surface area (Å²) in [6.45, 7) is 0.214. The highest BCUT2D eigenvalue weighted by Gasteiger charge is 2.52. The van der Waals surface area contributed by atoms with Crippen LogP contribution in [0, 0.1) is 5.92 Å². The molecule has 2 fully saturated rings. The molecule has 34 heavy (non-hydrogen) atoms. The van der Waals surface area contributed by atoms with Gasteiger partial charge in [-0.2, -0.15) is 0 Å². The first-order chi connectivity index (χ1) is 16.5. The number of aliphatic carboxylic acids is 1. The number of ether oxygens (including phenoxy) is 1. The molecule has 2 atom stereocenters. The van der Waals surface area contributed by atoms with Crippen molar-refractivity contribution in [2.45, 2.75) is 62.4 Å². The average Bonchev–Trinajstić information content (AvgIpc) is 3.59. The molecule has 2 saturated carbocycles. The lowest BCUT2D eigenvalue weighted by atomic mass is 9.93. The molecular weight excluding hydrogens is 432 g/mol. The van der Waals surface area contributed by atoms with Crippen LogP contribution in [0.25, 0.3) is 11.1 Å². The van der Waals surface area contributed by atoms with E-state index in [2.05, 4.69) is 34.9 Å². The molecular formula is C27H30N2O5. The Bertz CT molecular complexity index is 1060. The van der Waals surface area contributed by atoms with Crippen LogP contribution in [0.15, 0.2) is 48.5 Å². The van der Waals surface area contributed by atoms with Gasteiger partial charge in [0.1, 0.15) is 12.1 Å². The molecule has 0 heterocycles. The highest BCUT2D eigenvalue weighted by atomic mass is 16.5. The Hall–Kier alpha value is -3.35. The van der Waals surface area contributed by atoms with E-state index in [1.807, 2.05) is 24.3 Å². The van der Waals surface area contributed by atoms with Crippen LogP contribution in [-0.2, 0) is 14.3 Å². The van der Waals surface area contributed by atoms with Crippen molar-refractivity contribution < 1.29 is 24.2 Å². The second-order valence-corrected chi connectivity index (χ2v) is 9.70. The number of carboxylic acids is 1. The molecule has 0 saturated heterocycles. The van der Waals surface area contributed by atoms with E-state index in [9.17, 15) is 19.5 Å². The van der Waals surface area contributed by atoms with Gasteiger partial charge in [-0.3, -0.25) is 4.79 Å².